The number of likely N-dealkylation sites (tertiary alicyclic amines) is 1. The number of nitrogens with zero attached hydrogens (tertiary/aromatic N) is 1. The lowest BCUT2D eigenvalue weighted by Gasteiger charge is -2.32. The Kier molecular flexibility index (Phi) is 6.74. The van der Waals surface area contributed by atoms with Crippen LogP contribution in [0.5, 0.6) is 5.75 Å². The van der Waals surface area contributed by atoms with Crippen LogP contribution in [-0.2, 0) is 11.2 Å². The summed E-state index contributed by atoms with van der Waals surface area (Å²) in [4.78, 5) is 14.5. The van der Waals surface area contributed by atoms with Crippen molar-refractivity contribution in [1.29, 1.82) is 0 Å². The molecule has 1 aromatic rings. The molecular weight excluding hydrogens is 312 g/mol. The minimum Gasteiger partial charge on any atom is -0.494 e. The van der Waals surface area contributed by atoms with E-state index < -0.39 is 0 Å². The highest BCUT2D eigenvalue weighted by Crippen LogP contribution is 2.28. The molecule has 1 amide bonds. The molecule has 2 fully saturated rings. The lowest BCUT2D eigenvalue weighted by atomic mass is 10.0. The fourth-order valence-corrected chi connectivity index (χ4v) is 3.37. The van der Waals surface area contributed by atoms with Crippen molar-refractivity contribution in [2.24, 2.45) is 5.92 Å². The highest BCUT2D eigenvalue weighted by molar-refractivity contribution is 5.76. The van der Waals surface area contributed by atoms with Crippen molar-refractivity contribution in [2.75, 3.05) is 26.2 Å². The topological polar surface area (TPSA) is 41.6 Å². The molecule has 3 rings (SSSR count). The summed E-state index contributed by atoms with van der Waals surface area (Å²) in [6.07, 6.45) is 7.43. The van der Waals surface area contributed by atoms with Gasteiger partial charge in [0.05, 0.1) is 6.61 Å². The van der Waals surface area contributed by atoms with Gasteiger partial charge in [-0.25, -0.2) is 0 Å². The van der Waals surface area contributed by atoms with E-state index in [4.69, 9.17) is 4.74 Å². The summed E-state index contributed by atoms with van der Waals surface area (Å²) in [5, 5.41) is 3.67. The summed E-state index contributed by atoms with van der Waals surface area (Å²) in [6.45, 7) is 5.85. The van der Waals surface area contributed by atoms with Gasteiger partial charge >= 0.3 is 0 Å². The summed E-state index contributed by atoms with van der Waals surface area (Å²) < 4.78 is 5.60. The van der Waals surface area contributed by atoms with Crippen molar-refractivity contribution < 1.29 is 9.53 Å². The van der Waals surface area contributed by atoms with Gasteiger partial charge in [0.2, 0.25) is 5.91 Å². The molecular formula is C21H32N2O2. The number of amides is 1. The van der Waals surface area contributed by atoms with Gasteiger partial charge in [0.1, 0.15) is 5.75 Å². The van der Waals surface area contributed by atoms with Gasteiger partial charge < -0.3 is 15.0 Å². The van der Waals surface area contributed by atoms with Crippen molar-refractivity contribution in [3.8, 4) is 5.75 Å². The molecule has 2 aliphatic rings. The third kappa shape index (κ3) is 6.03. The Morgan fingerprint density at radius 3 is 2.52 bits per heavy atom. The fourth-order valence-electron chi connectivity index (χ4n) is 3.37. The summed E-state index contributed by atoms with van der Waals surface area (Å²) in [6, 6.07) is 8.78. The monoisotopic (exact) mass is 344 g/mol. The lowest BCUT2D eigenvalue weighted by molar-refractivity contribution is -0.132. The predicted molar refractivity (Wildman–Crippen MR) is 101 cm³/mol. The van der Waals surface area contributed by atoms with Crippen LogP contribution in [0.1, 0.15) is 51.0 Å². The zero-order valence-electron chi connectivity index (χ0n) is 15.5. The molecule has 4 heteroatoms. The Morgan fingerprint density at radius 1 is 1.16 bits per heavy atom. The molecule has 1 N–H and O–H groups in total. The molecule has 1 saturated carbocycles. The Balaban J connectivity index is 1.34. The maximum absolute atomic E-state index is 12.4. The predicted octanol–water partition coefficient (Wildman–Crippen LogP) is 3.40. The third-order valence-electron chi connectivity index (χ3n) is 5.26. The van der Waals surface area contributed by atoms with E-state index in [2.05, 4.69) is 24.4 Å². The van der Waals surface area contributed by atoms with E-state index in [9.17, 15) is 4.79 Å². The van der Waals surface area contributed by atoms with Crippen LogP contribution in [0.3, 0.4) is 0 Å². The lowest BCUT2D eigenvalue weighted by Crippen LogP contribution is -2.45. The molecule has 0 spiro atoms. The maximum atomic E-state index is 12.4. The van der Waals surface area contributed by atoms with E-state index >= 15 is 0 Å². The quantitative estimate of drug-likeness (QED) is 0.746. The molecule has 0 radical (unpaired) electrons. The molecule has 0 atom stereocenters. The molecule has 1 aromatic carbocycles. The smallest absolute Gasteiger partial charge is 0.222 e. The number of hydrogen-bond acceptors (Lipinski definition) is 3. The van der Waals surface area contributed by atoms with Crippen molar-refractivity contribution in [3.05, 3.63) is 29.8 Å². The average molecular weight is 344 g/mol. The number of benzene rings is 1. The standard InChI is InChI=1S/C21H32N2O2/c1-2-15-25-20-8-5-17(6-9-20)7-10-21(24)23-13-11-19(12-14-23)22-16-18-3-4-18/h5-6,8-9,18-19,22H,2-4,7,10-16H2,1H3. The van der Waals surface area contributed by atoms with Gasteiger partial charge in [0.15, 0.2) is 0 Å². The van der Waals surface area contributed by atoms with Crippen LogP contribution >= 0.6 is 0 Å². The first-order valence-electron chi connectivity index (χ1n) is 9.97. The average Bonchev–Trinajstić information content (AvgIpc) is 3.48. The number of carbonyl (C=O) groups excluding carboxylic acids is 1. The van der Waals surface area contributed by atoms with E-state index in [1.807, 2.05) is 17.0 Å². The second kappa shape index (κ2) is 9.23. The van der Waals surface area contributed by atoms with Crippen molar-refractivity contribution >= 4 is 5.91 Å². The number of nitrogens with one attached hydrogen (secondary N) is 1. The van der Waals surface area contributed by atoms with E-state index in [-0.39, 0.29) is 0 Å². The Labute approximate surface area is 151 Å². The van der Waals surface area contributed by atoms with Gasteiger partial charge in [-0.05, 0) is 68.7 Å². The van der Waals surface area contributed by atoms with Gasteiger partial charge in [-0.1, -0.05) is 19.1 Å². The molecule has 1 heterocycles. The van der Waals surface area contributed by atoms with E-state index in [0.717, 1.165) is 57.0 Å². The zero-order valence-corrected chi connectivity index (χ0v) is 15.5. The number of aryl methyl sites for hydroxylation is 1. The van der Waals surface area contributed by atoms with Gasteiger partial charge in [-0.2, -0.15) is 0 Å². The molecule has 25 heavy (non-hydrogen) atoms. The zero-order chi connectivity index (χ0) is 17.5. The van der Waals surface area contributed by atoms with Crippen LogP contribution in [0.4, 0.5) is 0 Å². The van der Waals surface area contributed by atoms with Gasteiger partial charge in [-0.15, -0.1) is 0 Å². The molecule has 1 aliphatic heterocycles. The van der Waals surface area contributed by atoms with E-state index in [1.165, 1.54) is 24.9 Å². The Morgan fingerprint density at radius 2 is 1.88 bits per heavy atom. The van der Waals surface area contributed by atoms with E-state index in [0.29, 0.717) is 18.4 Å². The minimum atomic E-state index is 0.298. The first kappa shape index (κ1) is 18.2. The van der Waals surface area contributed by atoms with Crippen LogP contribution in [0, 0.1) is 5.92 Å². The number of rotatable bonds is 9. The van der Waals surface area contributed by atoms with Crippen LogP contribution in [0.25, 0.3) is 0 Å². The second-order valence-corrected chi connectivity index (χ2v) is 7.50. The molecule has 0 unspecified atom stereocenters. The highest BCUT2D eigenvalue weighted by Gasteiger charge is 2.25. The highest BCUT2D eigenvalue weighted by atomic mass is 16.5. The number of carbonyl (C=O) groups is 1. The summed E-state index contributed by atoms with van der Waals surface area (Å²) >= 11 is 0. The van der Waals surface area contributed by atoms with Crippen molar-refractivity contribution in [1.82, 2.24) is 10.2 Å². The first-order valence-corrected chi connectivity index (χ1v) is 9.97. The normalized spacial score (nSPS) is 18.4. The van der Waals surface area contributed by atoms with Crippen molar-refractivity contribution in [2.45, 2.75) is 57.9 Å². The summed E-state index contributed by atoms with van der Waals surface area (Å²) in [7, 11) is 0. The molecule has 4 nitrogen and oxygen atoms in total. The number of ether oxygens (including phenoxy) is 1. The molecule has 1 aliphatic carbocycles. The maximum Gasteiger partial charge on any atom is 0.222 e. The minimum absolute atomic E-state index is 0.298. The van der Waals surface area contributed by atoms with Crippen LogP contribution < -0.4 is 10.1 Å². The number of piperidine rings is 1. The summed E-state index contributed by atoms with van der Waals surface area (Å²) in [5.74, 6) is 2.14. The van der Waals surface area contributed by atoms with Crippen molar-refractivity contribution in [3.63, 3.8) is 0 Å². The van der Waals surface area contributed by atoms with Crippen LogP contribution in [0.15, 0.2) is 24.3 Å². The SMILES string of the molecule is CCCOc1ccc(CCC(=O)N2CCC(NCC3CC3)CC2)cc1. The van der Waals surface area contributed by atoms with Gasteiger partial charge in [0.25, 0.3) is 0 Å². The second-order valence-electron chi connectivity index (χ2n) is 7.50. The summed E-state index contributed by atoms with van der Waals surface area (Å²) in [5.41, 5.74) is 1.21. The first-order chi connectivity index (χ1) is 12.2. The molecule has 1 saturated heterocycles. The van der Waals surface area contributed by atoms with Gasteiger partial charge in [0, 0.05) is 25.6 Å². The molecule has 138 valence electrons. The molecule has 0 aromatic heterocycles. The van der Waals surface area contributed by atoms with Crippen LogP contribution in [0.2, 0.25) is 0 Å². The van der Waals surface area contributed by atoms with Crippen LogP contribution in [-0.4, -0.2) is 43.1 Å². The number of hydrogen-bond donors (Lipinski definition) is 1. The van der Waals surface area contributed by atoms with E-state index in [1.54, 1.807) is 0 Å². The molecule has 0 bridgehead atoms. The largest absolute Gasteiger partial charge is 0.494 e. The fraction of sp³-hybridized carbons (Fsp3) is 0.667. The van der Waals surface area contributed by atoms with Gasteiger partial charge in [-0.3, -0.25) is 4.79 Å². The third-order valence-corrected chi connectivity index (χ3v) is 5.26. The Bertz CT molecular complexity index is 531. The Hall–Kier alpha value is -1.55.